The van der Waals surface area contributed by atoms with Gasteiger partial charge in [-0.15, -0.1) is 0 Å². The topological polar surface area (TPSA) is 70.7 Å². The maximum atomic E-state index is 13.7. The number of anilines is 2. The molecule has 2 aromatic carbocycles. The van der Waals surface area contributed by atoms with Gasteiger partial charge in [-0.3, -0.25) is 4.79 Å². The number of halogens is 1. The number of urea groups is 1. The average Bonchev–Trinajstić information content (AvgIpc) is 2.98. The molecule has 1 atom stereocenters. The first-order chi connectivity index (χ1) is 12.9. The van der Waals surface area contributed by atoms with Crippen LogP contribution in [0.1, 0.15) is 17.5 Å². The molecule has 2 N–H and O–H groups in total. The van der Waals surface area contributed by atoms with E-state index >= 15 is 0 Å². The van der Waals surface area contributed by atoms with Crippen molar-refractivity contribution in [1.82, 2.24) is 5.32 Å². The Balaban J connectivity index is 1.62. The molecule has 1 saturated heterocycles. The van der Waals surface area contributed by atoms with Crippen LogP contribution >= 0.6 is 0 Å². The standard InChI is InChI=1S/C20H22FN3O3/c1-12-4-6-15(10-13(12)2)24-9-8-17(19(24)25)23-20(26)22-14-5-7-18(27-3)16(21)11-14/h4-7,10-11,17H,8-9H2,1-3H3,(H2,22,23,26)/t17-/m1/s1. The van der Waals surface area contributed by atoms with Crippen molar-refractivity contribution in [2.75, 3.05) is 23.9 Å². The van der Waals surface area contributed by atoms with Gasteiger partial charge in [0.15, 0.2) is 11.6 Å². The highest BCUT2D eigenvalue weighted by Gasteiger charge is 2.33. The highest BCUT2D eigenvalue weighted by Crippen LogP contribution is 2.24. The van der Waals surface area contributed by atoms with E-state index in [1.807, 2.05) is 32.0 Å². The fourth-order valence-electron chi connectivity index (χ4n) is 3.03. The van der Waals surface area contributed by atoms with Gasteiger partial charge < -0.3 is 20.3 Å². The first kappa shape index (κ1) is 18.7. The molecule has 0 aliphatic carbocycles. The molecule has 1 heterocycles. The Morgan fingerprint density at radius 2 is 1.96 bits per heavy atom. The summed E-state index contributed by atoms with van der Waals surface area (Å²) < 4.78 is 18.6. The summed E-state index contributed by atoms with van der Waals surface area (Å²) in [6, 6.07) is 8.79. The van der Waals surface area contributed by atoms with Gasteiger partial charge >= 0.3 is 6.03 Å². The van der Waals surface area contributed by atoms with E-state index in [-0.39, 0.29) is 17.3 Å². The van der Waals surface area contributed by atoms with Gasteiger partial charge in [0.05, 0.1) is 7.11 Å². The second-order valence-corrected chi connectivity index (χ2v) is 6.55. The van der Waals surface area contributed by atoms with Gasteiger partial charge in [-0.05, 0) is 55.7 Å². The van der Waals surface area contributed by atoms with E-state index in [2.05, 4.69) is 10.6 Å². The summed E-state index contributed by atoms with van der Waals surface area (Å²) in [4.78, 5) is 26.5. The number of benzene rings is 2. The number of carbonyl (C=O) groups is 2. The largest absolute Gasteiger partial charge is 0.494 e. The summed E-state index contributed by atoms with van der Waals surface area (Å²) in [5, 5.41) is 5.19. The van der Waals surface area contributed by atoms with Crippen LogP contribution in [0.15, 0.2) is 36.4 Å². The van der Waals surface area contributed by atoms with E-state index in [0.717, 1.165) is 22.9 Å². The van der Waals surface area contributed by atoms with Crippen molar-refractivity contribution < 1.29 is 18.7 Å². The Hall–Kier alpha value is -3.09. The molecule has 0 aromatic heterocycles. The van der Waals surface area contributed by atoms with Crippen molar-refractivity contribution in [3.8, 4) is 5.75 Å². The van der Waals surface area contributed by atoms with Crippen molar-refractivity contribution >= 4 is 23.3 Å². The predicted molar refractivity (Wildman–Crippen MR) is 102 cm³/mol. The molecule has 0 bridgehead atoms. The van der Waals surface area contributed by atoms with Crippen LogP contribution < -0.4 is 20.3 Å². The Kier molecular flexibility index (Phi) is 5.30. The number of aryl methyl sites for hydroxylation is 2. The average molecular weight is 371 g/mol. The number of nitrogens with zero attached hydrogens (tertiary/aromatic N) is 1. The van der Waals surface area contributed by atoms with E-state index in [9.17, 15) is 14.0 Å². The highest BCUT2D eigenvalue weighted by molar-refractivity contribution is 6.02. The van der Waals surface area contributed by atoms with Crippen LogP contribution in [0.3, 0.4) is 0 Å². The lowest BCUT2D eigenvalue weighted by atomic mass is 10.1. The Morgan fingerprint density at radius 3 is 2.63 bits per heavy atom. The molecule has 3 amide bonds. The smallest absolute Gasteiger partial charge is 0.319 e. The van der Waals surface area contributed by atoms with Gasteiger partial charge in [0, 0.05) is 24.0 Å². The maximum Gasteiger partial charge on any atom is 0.319 e. The summed E-state index contributed by atoms with van der Waals surface area (Å²) in [6.45, 7) is 4.54. The van der Waals surface area contributed by atoms with Gasteiger partial charge in [0.25, 0.3) is 0 Å². The first-order valence-corrected chi connectivity index (χ1v) is 8.68. The zero-order chi connectivity index (χ0) is 19.6. The number of hydrogen-bond acceptors (Lipinski definition) is 3. The van der Waals surface area contributed by atoms with Crippen molar-refractivity contribution in [1.29, 1.82) is 0 Å². The van der Waals surface area contributed by atoms with Gasteiger partial charge in [0.1, 0.15) is 6.04 Å². The zero-order valence-corrected chi connectivity index (χ0v) is 15.5. The normalized spacial score (nSPS) is 16.4. The molecule has 0 saturated carbocycles. The summed E-state index contributed by atoms with van der Waals surface area (Å²) >= 11 is 0. The number of hydrogen-bond donors (Lipinski definition) is 2. The summed E-state index contributed by atoms with van der Waals surface area (Å²) in [5.41, 5.74) is 3.37. The molecule has 6 nitrogen and oxygen atoms in total. The summed E-state index contributed by atoms with van der Waals surface area (Å²) in [5.74, 6) is -0.640. The minimum atomic E-state index is -0.616. The van der Waals surface area contributed by atoms with Crippen molar-refractivity contribution in [3.05, 3.63) is 53.3 Å². The van der Waals surface area contributed by atoms with Crippen LogP contribution in [0, 0.1) is 19.7 Å². The summed E-state index contributed by atoms with van der Waals surface area (Å²) in [7, 11) is 1.37. The lowest BCUT2D eigenvalue weighted by Gasteiger charge is -2.18. The van der Waals surface area contributed by atoms with Gasteiger partial charge in [-0.2, -0.15) is 0 Å². The molecule has 2 aromatic rings. The maximum absolute atomic E-state index is 13.7. The molecule has 1 aliphatic rings. The van der Waals surface area contributed by atoms with E-state index < -0.39 is 17.9 Å². The SMILES string of the molecule is COc1ccc(NC(=O)N[C@@H]2CCN(c3ccc(C)c(C)c3)C2=O)cc1F. The van der Waals surface area contributed by atoms with E-state index in [4.69, 9.17) is 4.74 Å². The Morgan fingerprint density at radius 1 is 1.19 bits per heavy atom. The van der Waals surface area contributed by atoms with E-state index in [1.54, 1.807) is 4.90 Å². The second-order valence-electron chi connectivity index (χ2n) is 6.55. The van der Waals surface area contributed by atoms with Crippen molar-refractivity contribution in [2.45, 2.75) is 26.3 Å². The Bertz CT molecular complexity index is 885. The molecule has 27 heavy (non-hydrogen) atoms. The van der Waals surface area contributed by atoms with Crippen molar-refractivity contribution in [2.24, 2.45) is 0 Å². The number of carbonyl (C=O) groups excluding carboxylic acids is 2. The fraction of sp³-hybridized carbons (Fsp3) is 0.300. The molecule has 3 rings (SSSR count). The van der Waals surface area contributed by atoms with E-state index in [0.29, 0.717) is 13.0 Å². The van der Waals surface area contributed by atoms with Gasteiger partial charge in [0.2, 0.25) is 5.91 Å². The third-order valence-corrected chi connectivity index (χ3v) is 4.72. The van der Waals surface area contributed by atoms with Crippen LogP contribution in [0.5, 0.6) is 5.75 Å². The molecular formula is C20H22FN3O3. The van der Waals surface area contributed by atoms with Gasteiger partial charge in [-0.25, -0.2) is 9.18 Å². The number of ether oxygens (including phenoxy) is 1. The predicted octanol–water partition coefficient (Wildman–Crippen LogP) is 3.38. The zero-order valence-electron chi connectivity index (χ0n) is 15.5. The van der Waals surface area contributed by atoms with Crippen LogP contribution in [-0.2, 0) is 4.79 Å². The molecular weight excluding hydrogens is 349 g/mol. The van der Waals surface area contributed by atoms with Gasteiger partial charge in [-0.1, -0.05) is 6.07 Å². The van der Waals surface area contributed by atoms with Crippen LogP contribution in [0.2, 0.25) is 0 Å². The highest BCUT2D eigenvalue weighted by atomic mass is 19.1. The second kappa shape index (κ2) is 7.65. The molecule has 0 unspecified atom stereocenters. The third kappa shape index (κ3) is 4.02. The minimum Gasteiger partial charge on any atom is -0.494 e. The minimum absolute atomic E-state index is 0.0935. The number of rotatable bonds is 4. The van der Waals surface area contributed by atoms with Crippen LogP contribution in [0.4, 0.5) is 20.6 Å². The van der Waals surface area contributed by atoms with Crippen LogP contribution in [0.25, 0.3) is 0 Å². The van der Waals surface area contributed by atoms with E-state index in [1.165, 1.54) is 19.2 Å². The Labute approximate surface area is 157 Å². The lowest BCUT2D eigenvalue weighted by molar-refractivity contribution is -0.118. The molecule has 1 fully saturated rings. The summed E-state index contributed by atoms with van der Waals surface area (Å²) in [6.07, 6.45) is 0.510. The number of amides is 3. The van der Waals surface area contributed by atoms with Crippen LogP contribution in [-0.4, -0.2) is 31.6 Å². The molecule has 1 aliphatic heterocycles. The molecule has 142 valence electrons. The number of nitrogens with one attached hydrogen (secondary N) is 2. The van der Waals surface area contributed by atoms with Crippen molar-refractivity contribution in [3.63, 3.8) is 0 Å². The molecule has 0 spiro atoms. The third-order valence-electron chi connectivity index (χ3n) is 4.72. The monoisotopic (exact) mass is 371 g/mol. The fourth-order valence-corrected chi connectivity index (χ4v) is 3.03. The first-order valence-electron chi connectivity index (χ1n) is 8.68. The number of methoxy groups -OCH3 is 1. The lowest BCUT2D eigenvalue weighted by Crippen LogP contribution is -2.43. The molecule has 0 radical (unpaired) electrons. The quantitative estimate of drug-likeness (QED) is 0.866. The molecule has 7 heteroatoms.